The number of carbonyl (C=O) groups excluding carboxylic acids is 1. The van der Waals surface area contributed by atoms with Crippen molar-refractivity contribution in [3.8, 4) is 0 Å². The molecule has 0 amide bonds. The summed E-state index contributed by atoms with van der Waals surface area (Å²) in [5.41, 5.74) is 0.487. The van der Waals surface area contributed by atoms with Crippen molar-refractivity contribution in [3.63, 3.8) is 0 Å². The minimum Gasteiger partial charge on any atom is -0.456 e. The van der Waals surface area contributed by atoms with Crippen LogP contribution in [0.5, 0.6) is 0 Å². The summed E-state index contributed by atoms with van der Waals surface area (Å²) in [7, 11) is 0. The van der Waals surface area contributed by atoms with Crippen LogP contribution in [0.4, 0.5) is 5.82 Å². The molecule has 1 aliphatic rings. The molecule has 5 heteroatoms. The van der Waals surface area contributed by atoms with E-state index in [-0.39, 0.29) is 12.1 Å². The fraction of sp³-hybridized carbons (Fsp3) is 0.600. The van der Waals surface area contributed by atoms with Crippen LogP contribution in [0.25, 0.3) is 0 Å². The van der Waals surface area contributed by atoms with Crippen LogP contribution in [0.15, 0.2) is 18.3 Å². The summed E-state index contributed by atoms with van der Waals surface area (Å²) in [5.74, 6) is 0.551. The van der Waals surface area contributed by atoms with Gasteiger partial charge in [-0.25, -0.2) is 9.78 Å². The highest BCUT2D eigenvalue weighted by atomic mass is 16.6. The van der Waals surface area contributed by atoms with Crippen LogP contribution in [0.1, 0.15) is 37.6 Å². The zero-order valence-corrected chi connectivity index (χ0v) is 12.3. The molecular formula is C15H22N2O3. The van der Waals surface area contributed by atoms with Crippen molar-refractivity contribution in [1.29, 1.82) is 0 Å². The second-order valence-corrected chi connectivity index (χ2v) is 5.18. The van der Waals surface area contributed by atoms with Crippen molar-refractivity contribution < 1.29 is 14.3 Å². The summed E-state index contributed by atoms with van der Waals surface area (Å²) in [6, 6.07) is 4.01. The third-order valence-electron chi connectivity index (χ3n) is 3.40. The molecule has 5 nitrogen and oxygen atoms in total. The molecule has 0 spiro atoms. The molecule has 1 aromatic rings. The number of anilines is 1. The van der Waals surface area contributed by atoms with Crippen molar-refractivity contribution in [2.45, 2.75) is 39.3 Å². The zero-order valence-electron chi connectivity index (χ0n) is 12.3. The lowest BCUT2D eigenvalue weighted by atomic mass is 10.2. The van der Waals surface area contributed by atoms with Gasteiger partial charge in [0.05, 0.1) is 18.8 Å². The number of rotatable bonds is 5. The molecule has 0 radical (unpaired) electrons. The Labute approximate surface area is 119 Å². The number of ether oxygens (including phenoxy) is 2. The van der Waals surface area contributed by atoms with Crippen molar-refractivity contribution in [3.05, 3.63) is 23.9 Å². The lowest BCUT2D eigenvalue weighted by Gasteiger charge is -2.26. The first-order valence-corrected chi connectivity index (χ1v) is 7.13. The molecular weight excluding hydrogens is 256 g/mol. The Kier molecular flexibility index (Phi) is 4.95. The van der Waals surface area contributed by atoms with Crippen LogP contribution in [0.2, 0.25) is 0 Å². The van der Waals surface area contributed by atoms with Crippen LogP contribution in [0, 0.1) is 0 Å². The highest BCUT2D eigenvalue weighted by Gasteiger charge is 2.21. The Morgan fingerprint density at radius 1 is 1.55 bits per heavy atom. The van der Waals surface area contributed by atoms with Gasteiger partial charge in [-0.05, 0) is 32.9 Å². The van der Waals surface area contributed by atoms with E-state index in [0.717, 1.165) is 18.8 Å². The van der Waals surface area contributed by atoms with E-state index in [1.54, 1.807) is 12.3 Å². The number of nitrogens with zero attached hydrogens (tertiary/aromatic N) is 2. The van der Waals surface area contributed by atoms with Gasteiger partial charge in [-0.2, -0.15) is 0 Å². The molecule has 20 heavy (non-hydrogen) atoms. The third-order valence-corrected chi connectivity index (χ3v) is 3.40. The monoisotopic (exact) mass is 278 g/mol. The highest BCUT2D eigenvalue weighted by Crippen LogP contribution is 2.16. The largest absolute Gasteiger partial charge is 0.456 e. The van der Waals surface area contributed by atoms with Crippen molar-refractivity contribution in [2.75, 3.05) is 24.7 Å². The molecule has 1 saturated heterocycles. The van der Waals surface area contributed by atoms with E-state index in [0.29, 0.717) is 24.8 Å². The van der Waals surface area contributed by atoms with Gasteiger partial charge in [-0.3, -0.25) is 0 Å². The molecule has 0 N–H and O–H groups in total. The molecule has 1 aliphatic heterocycles. The maximum atomic E-state index is 12.0. The maximum Gasteiger partial charge on any atom is 0.340 e. The van der Waals surface area contributed by atoms with Gasteiger partial charge >= 0.3 is 5.97 Å². The number of pyridine rings is 1. The van der Waals surface area contributed by atoms with E-state index in [9.17, 15) is 4.79 Å². The molecule has 2 rings (SSSR count). The SMILES string of the molecule is CCN(c1ccc(C(=O)O[C@H]2CCOC2)cn1)C(C)C. The molecule has 110 valence electrons. The first-order valence-electron chi connectivity index (χ1n) is 7.13. The van der Waals surface area contributed by atoms with Gasteiger partial charge in [-0.15, -0.1) is 0 Å². The maximum absolute atomic E-state index is 12.0. The van der Waals surface area contributed by atoms with Crippen LogP contribution < -0.4 is 4.90 Å². The summed E-state index contributed by atoms with van der Waals surface area (Å²) in [6.07, 6.45) is 2.23. The predicted octanol–water partition coefficient (Wildman–Crippen LogP) is 2.26. The third kappa shape index (κ3) is 3.48. The van der Waals surface area contributed by atoms with E-state index in [1.165, 1.54) is 0 Å². The Morgan fingerprint density at radius 2 is 2.35 bits per heavy atom. The fourth-order valence-electron chi connectivity index (χ4n) is 2.29. The van der Waals surface area contributed by atoms with Crippen LogP contribution in [-0.2, 0) is 9.47 Å². The standard InChI is InChI=1S/C15H22N2O3/c1-4-17(11(2)3)14-6-5-12(9-16-14)15(18)20-13-7-8-19-10-13/h5-6,9,11,13H,4,7-8,10H2,1-3H3/t13-/m0/s1. The molecule has 0 bridgehead atoms. The van der Waals surface area contributed by atoms with Gasteiger partial charge < -0.3 is 14.4 Å². The summed E-state index contributed by atoms with van der Waals surface area (Å²) in [6.45, 7) is 8.36. The number of carbonyl (C=O) groups is 1. The van der Waals surface area contributed by atoms with Gasteiger partial charge in [0.1, 0.15) is 11.9 Å². The lowest BCUT2D eigenvalue weighted by molar-refractivity contribution is 0.0270. The molecule has 0 aliphatic carbocycles. The number of hydrogen-bond acceptors (Lipinski definition) is 5. The molecule has 1 fully saturated rings. The highest BCUT2D eigenvalue weighted by molar-refractivity contribution is 5.89. The van der Waals surface area contributed by atoms with E-state index in [1.807, 2.05) is 6.07 Å². The van der Waals surface area contributed by atoms with E-state index in [2.05, 4.69) is 30.7 Å². The van der Waals surface area contributed by atoms with Crippen molar-refractivity contribution in [2.24, 2.45) is 0 Å². The first-order chi connectivity index (χ1) is 9.61. The van der Waals surface area contributed by atoms with E-state index < -0.39 is 0 Å². The average molecular weight is 278 g/mol. The Balaban J connectivity index is 2.01. The summed E-state index contributed by atoms with van der Waals surface area (Å²) >= 11 is 0. The summed E-state index contributed by atoms with van der Waals surface area (Å²) in [5, 5.41) is 0. The van der Waals surface area contributed by atoms with Crippen LogP contribution >= 0.6 is 0 Å². The molecule has 1 atom stereocenters. The Morgan fingerprint density at radius 3 is 2.85 bits per heavy atom. The van der Waals surface area contributed by atoms with Gasteiger partial charge in [0, 0.05) is 25.2 Å². The number of aromatic nitrogens is 1. The first kappa shape index (κ1) is 14.8. The summed E-state index contributed by atoms with van der Waals surface area (Å²) < 4.78 is 10.5. The Bertz CT molecular complexity index is 439. The van der Waals surface area contributed by atoms with Crippen molar-refractivity contribution in [1.82, 2.24) is 4.98 Å². The predicted molar refractivity (Wildman–Crippen MR) is 77.0 cm³/mol. The zero-order chi connectivity index (χ0) is 14.5. The minimum absolute atomic E-state index is 0.120. The molecule has 0 aromatic carbocycles. The molecule has 1 aromatic heterocycles. The average Bonchev–Trinajstić information content (AvgIpc) is 2.92. The van der Waals surface area contributed by atoms with E-state index >= 15 is 0 Å². The van der Waals surface area contributed by atoms with Gasteiger partial charge in [0.2, 0.25) is 0 Å². The Hall–Kier alpha value is -1.62. The van der Waals surface area contributed by atoms with Crippen LogP contribution in [-0.4, -0.2) is 42.9 Å². The van der Waals surface area contributed by atoms with Gasteiger partial charge in [0.15, 0.2) is 0 Å². The molecule has 2 heterocycles. The number of hydrogen-bond donors (Lipinski definition) is 0. The fourth-order valence-corrected chi connectivity index (χ4v) is 2.29. The van der Waals surface area contributed by atoms with Crippen molar-refractivity contribution >= 4 is 11.8 Å². The summed E-state index contributed by atoms with van der Waals surface area (Å²) in [4.78, 5) is 18.5. The number of esters is 1. The minimum atomic E-state index is -0.327. The van der Waals surface area contributed by atoms with E-state index in [4.69, 9.17) is 9.47 Å². The van der Waals surface area contributed by atoms with Crippen LogP contribution in [0.3, 0.4) is 0 Å². The molecule has 0 saturated carbocycles. The second-order valence-electron chi connectivity index (χ2n) is 5.18. The smallest absolute Gasteiger partial charge is 0.340 e. The topological polar surface area (TPSA) is 51.7 Å². The second kappa shape index (κ2) is 6.70. The molecule has 0 unspecified atom stereocenters. The van der Waals surface area contributed by atoms with Gasteiger partial charge in [0.25, 0.3) is 0 Å². The normalized spacial score (nSPS) is 18.3. The quantitative estimate of drug-likeness (QED) is 0.773. The lowest BCUT2D eigenvalue weighted by Crippen LogP contribution is -2.31. The van der Waals surface area contributed by atoms with Gasteiger partial charge in [-0.1, -0.05) is 0 Å².